The van der Waals surface area contributed by atoms with Gasteiger partial charge in [-0.3, -0.25) is 0 Å². The number of aryl methyl sites for hydroxylation is 2. The van der Waals surface area contributed by atoms with E-state index in [1.54, 1.807) is 0 Å². The van der Waals surface area contributed by atoms with Crippen molar-refractivity contribution in [1.29, 1.82) is 0 Å². The molecule has 2 rings (SSSR count). The van der Waals surface area contributed by atoms with Crippen molar-refractivity contribution in [3.05, 3.63) is 29.3 Å². The molecule has 1 heterocycles. The van der Waals surface area contributed by atoms with Crippen LogP contribution >= 0.6 is 12.4 Å². The number of piperidine rings is 1. The average Bonchev–Trinajstić information content (AvgIpc) is 2.25. The second-order valence-electron chi connectivity index (χ2n) is 4.31. The molecule has 1 aromatic carbocycles. The molecule has 1 N–H and O–H groups in total. The molecule has 1 aliphatic heterocycles. The summed E-state index contributed by atoms with van der Waals surface area (Å²) in [5, 5.41) is 3.34. The number of benzene rings is 1. The van der Waals surface area contributed by atoms with Gasteiger partial charge in [-0.05, 0) is 63.0 Å². The molecular weight excluding hydrogens is 222 g/mol. The van der Waals surface area contributed by atoms with E-state index in [0.717, 1.165) is 31.7 Å². The van der Waals surface area contributed by atoms with Crippen LogP contribution in [0.5, 0.6) is 5.75 Å². The van der Waals surface area contributed by atoms with E-state index in [-0.39, 0.29) is 12.4 Å². The predicted molar refractivity (Wildman–Crippen MR) is 69.7 cm³/mol. The van der Waals surface area contributed by atoms with Crippen LogP contribution in [0, 0.1) is 13.8 Å². The maximum absolute atomic E-state index is 5.95. The molecule has 1 fully saturated rings. The number of hydrogen-bond donors (Lipinski definition) is 1. The third-order valence-corrected chi connectivity index (χ3v) is 3.07. The Labute approximate surface area is 104 Å². The molecule has 0 amide bonds. The Hall–Kier alpha value is -0.730. The van der Waals surface area contributed by atoms with Crippen molar-refractivity contribution in [2.75, 3.05) is 13.1 Å². The van der Waals surface area contributed by atoms with E-state index in [0.29, 0.717) is 6.10 Å². The van der Waals surface area contributed by atoms with E-state index >= 15 is 0 Å². The zero-order valence-electron chi connectivity index (χ0n) is 9.95. The summed E-state index contributed by atoms with van der Waals surface area (Å²) in [7, 11) is 0. The summed E-state index contributed by atoms with van der Waals surface area (Å²) in [6.45, 7) is 6.42. The van der Waals surface area contributed by atoms with Gasteiger partial charge < -0.3 is 10.1 Å². The largest absolute Gasteiger partial charge is 0.490 e. The molecule has 0 saturated carbocycles. The number of halogens is 1. The van der Waals surface area contributed by atoms with Crippen molar-refractivity contribution in [3.63, 3.8) is 0 Å². The minimum atomic E-state index is 0. The van der Waals surface area contributed by atoms with Crippen LogP contribution in [0.2, 0.25) is 0 Å². The minimum absolute atomic E-state index is 0. The highest BCUT2D eigenvalue weighted by molar-refractivity contribution is 5.85. The molecule has 90 valence electrons. The molecule has 0 spiro atoms. The molecule has 1 aliphatic rings. The predicted octanol–water partition coefficient (Wildman–Crippen LogP) is 2.86. The Morgan fingerprint density at radius 3 is 2.44 bits per heavy atom. The lowest BCUT2D eigenvalue weighted by Gasteiger charge is -2.24. The molecule has 1 aromatic rings. The van der Waals surface area contributed by atoms with Crippen LogP contribution in [0.3, 0.4) is 0 Å². The second-order valence-corrected chi connectivity index (χ2v) is 4.31. The fraction of sp³-hybridized carbons (Fsp3) is 0.538. The van der Waals surface area contributed by atoms with Crippen molar-refractivity contribution in [2.24, 2.45) is 0 Å². The molecule has 1 saturated heterocycles. The molecule has 0 unspecified atom stereocenters. The van der Waals surface area contributed by atoms with Gasteiger partial charge >= 0.3 is 0 Å². The molecule has 0 aliphatic carbocycles. The summed E-state index contributed by atoms with van der Waals surface area (Å²) in [5.41, 5.74) is 2.63. The summed E-state index contributed by atoms with van der Waals surface area (Å²) in [5.74, 6) is 1.02. The summed E-state index contributed by atoms with van der Waals surface area (Å²) < 4.78 is 5.95. The highest BCUT2D eigenvalue weighted by atomic mass is 35.5. The first kappa shape index (κ1) is 13.3. The Bertz CT molecular complexity index is 335. The van der Waals surface area contributed by atoms with Gasteiger partial charge in [-0.15, -0.1) is 12.4 Å². The van der Waals surface area contributed by atoms with E-state index in [1.807, 2.05) is 0 Å². The fourth-order valence-electron chi connectivity index (χ4n) is 1.89. The molecule has 2 nitrogen and oxygen atoms in total. The molecule has 3 heteroatoms. The van der Waals surface area contributed by atoms with Crippen molar-refractivity contribution in [3.8, 4) is 5.75 Å². The molecule has 0 bridgehead atoms. The zero-order valence-corrected chi connectivity index (χ0v) is 10.8. The van der Waals surface area contributed by atoms with Gasteiger partial charge in [0.2, 0.25) is 0 Å². The summed E-state index contributed by atoms with van der Waals surface area (Å²) in [6.07, 6.45) is 2.63. The van der Waals surface area contributed by atoms with Crippen LogP contribution < -0.4 is 10.1 Å². The van der Waals surface area contributed by atoms with Crippen LogP contribution in [0.4, 0.5) is 0 Å². The second kappa shape index (κ2) is 6.12. The first-order valence-electron chi connectivity index (χ1n) is 5.70. The van der Waals surface area contributed by atoms with Gasteiger partial charge in [-0.2, -0.15) is 0 Å². The molecular formula is C13H20ClNO. The minimum Gasteiger partial charge on any atom is -0.490 e. The van der Waals surface area contributed by atoms with Crippen molar-refractivity contribution < 1.29 is 4.74 Å². The number of rotatable bonds is 2. The van der Waals surface area contributed by atoms with Crippen LogP contribution in [0.15, 0.2) is 18.2 Å². The average molecular weight is 242 g/mol. The van der Waals surface area contributed by atoms with E-state index < -0.39 is 0 Å². The SMILES string of the molecule is Cc1ccc(OC2CCNCC2)cc1C.Cl. The first-order chi connectivity index (χ1) is 7.25. The maximum Gasteiger partial charge on any atom is 0.120 e. The first-order valence-corrected chi connectivity index (χ1v) is 5.70. The van der Waals surface area contributed by atoms with Crippen LogP contribution in [0.1, 0.15) is 24.0 Å². The topological polar surface area (TPSA) is 21.3 Å². The lowest BCUT2D eigenvalue weighted by molar-refractivity contribution is 0.162. The highest BCUT2D eigenvalue weighted by Crippen LogP contribution is 2.20. The molecule has 0 aromatic heterocycles. The number of ether oxygens (including phenoxy) is 1. The van der Waals surface area contributed by atoms with Gasteiger partial charge in [-0.25, -0.2) is 0 Å². The third kappa shape index (κ3) is 3.39. The monoisotopic (exact) mass is 241 g/mol. The van der Waals surface area contributed by atoms with Crippen molar-refractivity contribution in [1.82, 2.24) is 5.32 Å². The lowest BCUT2D eigenvalue weighted by atomic mass is 10.1. The standard InChI is InChI=1S/C13H19NO.ClH/c1-10-3-4-13(9-11(10)2)15-12-5-7-14-8-6-12;/h3-4,9,12,14H,5-8H2,1-2H3;1H. The summed E-state index contributed by atoms with van der Waals surface area (Å²) >= 11 is 0. The van der Waals surface area contributed by atoms with Crippen LogP contribution in [-0.2, 0) is 0 Å². The van der Waals surface area contributed by atoms with Gasteiger partial charge in [0.1, 0.15) is 11.9 Å². The Balaban J connectivity index is 0.00000128. The number of hydrogen-bond acceptors (Lipinski definition) is 2. The maximum atomic E-state index is 5.95. The van der Waals surface area contributed by atoms with E-state index in [1.165, 1.54) is 11.1 Å². The normalized spacial score (nSPS) is 16.6. The van der Waals surface area contributed by atoms with Gasteiger partial charge in [0.25, 0.3) is 0 Å². The highest BCUT2D eigenvalue weighted by Gasteiger charge is 2.14. The Kier molecular flexibility index (Phi) is 5.10. The Morgan fingerprint density at radius 2 is 1.81 bits per heavy atom. The fourth-order valence-corrected chi connectivity index (χ4v) is 1.89. The van der Waals surface area contributed by atoms with Crippen LogP contribution in [-0.4, -0.2) is 19.2 Å². The van der Waals surface area contributed by atoms with Gasteiger partial charge in [-0.1, -0.05) is 6.07 Å². The van der Waals surface area contributed by atoms with Crippen molar-refractivity contribution >= 4 is 12.4 Å². The lowest BCUT2D eigenvalue weighted by Crippen LogP contribution is -2.34. The van der Waals surface area contributed by atoms with Gasteiger partial charge in [0.05, 0.1) is 0 Å². The zero-order chi connectivity index (χ0) is 10.7. The molecule has 0 radical (unpaired) electrons. The van der Waals surface area contributed by atoms with Crippen molar-refractivity contribution in [2.45, 2.75) is 32.8 Å². The quantitative estimate of drug-likeness (QED) is 0.860. The number of nitrogens with one attached hydrogen (secondary N) is 1. The van der Waals surface area contributed by atoms with Crippen LogP contribution in [0.25, 0.3) is 0 Å². The van der Waals surface area contributed by atoms with Gasteiger partial charge in [0, 0.05) is 0 Å². The Morgan fingerprint density at radius 1 is 1.12 bits per heavy atom. The summed E-state index contributed by atoms with van der Waals surface area (Å²) in [4.78, 5) is 0. The third-order valence-electron chi connectivity index (χ3n) is 3.07. The molecule has 0 atom stereocenters. The molecule has 16 heavy (non-hydrogen) atoms. The van der Waals surface area contributed by atoms with E-state index in [2.05, 4.69) is 37.4 Å². The van der Waals surface area contributed by atoms with E-state index in [4.69, 9.17) is 4.74 Å². The summed E-state index contributed by atoms with van der Waals surface area (Å²) in [6, 6.07) is 6.34. The van der Waals surface area contributed by atoms with Gasteiger partial charge in [0.15, 0.2) is 0 Å². The smallest absolute Gasteiger partial charge is 0.120 e. The van der Waals surface area contributed by atoms with E-state index in [9.17, 15) is 0 Å².